The summed E-state index contributed by atoms with van der Waals surface area (Å²) >= 11 is 0. The van der Waals surface area contributed by atoms with Gasteiger partial charge in [0.15, 0.2) is 13.2 Å². The van der Waals surface area contributed by atoms with Crippen molar-refractivity contribution in [3.05, 3.63) is 48.0 Å². The van der Waals surface area contributed by atoms with Gasteiger partial charge in [-0.25, -0.2) is 0 Å². The van der Waals surface area contributed by atoms with Crippen molar-refractivity contribution < 1.29 is 19.1 Å². The molecular formula is C20H22N2O4. The number of nitrogens with one attached hydrogen (secondary N) is 2. The molecule has 3 rings (SSSR count). The number of rotatable bonds is 4. The van der Waals surface area contributed by atoms with Crippen molar-refractivity contribution in [1.29, 1.82) is 0 Å². The maximum Gasteiger partial charge on any atom is 0.262 e. The largest absolute Gasteiger partial charge is 0.484 e. The van der Waals surface area contributed by atoms with Gasteiger partial charge >= 0.3 is 0 Å². The molecule has 0 fully saturated rings. The van der Waals surface area contributed by atoms with Crippen LogP contribution in [0.1, 0.15) is 26.3 Å². The Kier molecular flexibility index (Phi) is 4.84. The quantitative estimate of drug-likeness (QED) is 0.883. The van der Waals surface area contributed by atoms with E-state index in [9.17, 15) is 9.59 Å². The van der Waals surface area contributed by atoms with Crippen molar-refractivity contribution in [1.82, 2.24) is 0 Å². The number of ether oxygens (including phenoxy) is 2. The Morgan fingerprint density at radius 2 is 1.92 bits per heavy atom. The lowest BCUT2D eigenvalue weighted by molar-refractivity contribution is -0.119. The second kappa shape index (κ2) is 7.07. The normalized spacial score (nSPS) is 13.3. The fourth-order valence-corrected chi connectivity index (χ4v) is 2.56. The number of anilines is 2. The van der Waals surface area contributed by atoms with Crippen LogP contribution in [-0.2, 0) is 15.0 Å². The highest BCUT2D eigenvalue weighted by atomic mass is 16.5. The number of hydrogen-bond donors (Lipinski definition) is 2. The average Bonchev–Trinajstić information content (AvgIpc) is 2.59. The molecule has 0 aromatic heterocycles. The van der Waals surface area contributed by atoms with Crippen LogP contribution in [0.25, 0.3) is 0 Å². The fraction of sp³-hybridized carbons (Fsp3) is 0.300. The molecule has 6 nitrogen and oxygen atoms in total. The molecule has 0 bridgehead atoms. The Morgan fingerprint density at radius 3 is 2.62 bits per heavy atom. The first-order valence-electron chi connectivity index (χ1n) is 8.41. The van der Waals surface area contributed by atoms with E-state index in [-0.39, 0.29) is 30.4 Å². The summed E-state index contributed by atoms with van der Waals surface area (Å²) in [5.41, 5.74) is 2.37. The Hall–Kier alpha value is -3.02. The van der Waals surface area contributed by atoms with Crippen molar-refractivity contribution in [2.75, 3.05) is 23.8 Å². The first kappa shape index (κ1) is 17.8. The molecule has 0 atom stereocenters. The predicted octanol–water partition coefficient (Wildman–Crippen LogP) is 3.33. The van der Waals surface area contributed by atoms with Crippen molar-refractivity contribution >= 4 is 23.2 Å². The second-order valence-electron chi connectivity index (χ2n) is 7.16. The maximum atomic E-state index is 12.1. The molecule has 2 aromatic rings. The molecule has 1 aliphatic heterocycles. The van der Waals surface area contributed by atoms with Crippen LogP contribution >= 0.6 is 0 Å². The van der Waals surface area contributed by atoms with Crippen molar-refractivity contribution in [2.45, 2.75) is 26.2 Å². The molecule has 0 saturated heterocycles. The standard InChI is InChI=1S/C20H22N2O4/c1-20(2,3)13-4-7-15(8-5-13)25-11-18(23)21-14-6-9-17-16(10-14)22-19(24)12-26-17/h4-10H,11-12H2,1-3H3,(H,21,23)(H,22,24). The van der Waals surface area contributed by atoms with Crippen LogP contribution in [0.3, 0.4) is 0 Å². The van der Waals surface area contributed by atoms with Gasteiger partial charge in [-0.1, -0.05) is 32.9 Å². The number of benzene rings is 2. The highest BCUT2D eigenvalue weighted by Crippen LogP contribution is 2.30. The van der Waals surface area contributed by atoms with Gasteiger partial charge in [0.1, 0.15) is 11.5 Å². The zero-order chi connectivity index (χ0) is 18.7. The summed E-state index contributed by atoms with van der Waals surface area (Å²) < 4.78 is 10.8. The van der Waals surface area contributed by atoms with Gasteiger partial charge in [0.25, 0.3) is 11.8 Å². The zero-order valence-corrected chi connectivity index (χ0v) is 15.1. The summed E-state index contributed by atoms with van der Waals surface area (Å²) in [4.78, 5) is 23.5. The average molecular weight is 354 g/mol. The summed E-state index contributed by atoms with van der Waals surface area (Å²) in [6.07, 6.45) is 0. The van der Waals surface area contributed by atoms with Crippen LogP contribution in [0.4, 0.5) is 11.4 Å². The van der Waals surface area contributed by atoms with Gasteiger partial charge in [-0.05, 0) is 41.3 Å². The zero-order valence-electron chi connectivity index (χ0n) is 15.1. The number of carbonyl (C=O) groups excluding carboxylic acids is 2. The summed E-state index contributed by atoms with van der Waals surface area (Å²) in [5, 5.41) is 5.44. The first-order valence-corrected chi connectivity index (χ1v) is 8.41. The van der Waals surface area contributed by atoms with Crippen LogP contribution in [0.2, 0.25) is 0 Å². The first-order chi connectivity index (χ1) is 12.3. The number of carbonyl (C=O) groups is 2. The van der Waals surface area contributed by atoms with Crippen molar-refractivity contribution in [3.63, 3.8) is 0 Å². The van der Waals surface area contributed by atoms with Gasteiger partial charge in [0, 0.05) is 5.69 Å². The summed E-state index contributed by atoms with van der Waals surface area (Å²) in [5.74, 6) is 0.716. The molecule has 0 spiro atoms. The highest BCUT2D eigenvalue weighted by Gasteiger charge is 2.17. The van der Waals surface area contributed by atoms with Gasteiger partial charge in [-0.2, -0.15) is 0 Å². The molecule has 6 heteroatoms. The van der Waals surface area contributed by atoms with Crippen LogP contribution < -0.4 is 20.1 Å². The van der Waals surface area contributed by atoms with Gasteiger partial charge in [0.05, 0.1) is 5.69 Å². The Balaban J connectivity index is 1.56. The van der Waals surface area contributed by atoms with E-state index in [0.717, 1.165) is 0 Å². The fourth-order valence-electron chi connectivity index (χ4n) is 2.56. The Morgan fingerprint density at radius 1 is 1.19 bits per heavy atom. The minimum atomic E-state index is -0.284. The molecule has 0 unspecified atom stereocenters. The third-order valence-electron chi connectivity index (χ3n) is 3.99. The van der Waals surface area contributed by atoms with E-state index in [1.165, 1.54) is 5.56 Å². The molecule has 2 aromatic carbocycles. The lowest BCUT2D eigenvalue weighted by atomic mass is 9.87. The van der Waals surface area contributed by atoms with Crippen molar-refractivity contribution in [2.24, 2.45) is 0 Å². The Bertz CT molecular complexity index is 823. The monoisotopic (exact) mass is 354 g/mol. The van der Waals surface area contributed by atoms with E-state index in [0.29, 0.717) is 22.9 Å². The summed E-state index contributed by atoms with van der Waals surface area (Å²) in [6, 6.07) is 12.8. The Labute approximate surface area is 152 Å². The summed E-state index contributed by atoms with van der Waals surface area (Å²) in [6.45, 7) is 6.32. The molecule has 1 aliphatic rings. The minimum absolute atomic E-state index is 0.000545. The second-order valence-corrected chi connectivity index (χ2v) is 7.16. The minimum Gasteiger partial charge on any atom is -0.484 e. The van der Waals surface area contributed by atoms with E-state index >= 15 is 0 Å². The van der Waals surface area contributed by atoms with Crippen molar-refractivity contribution in [3.8, 4) is 11.5 Å². The maximum absolute atomic E-state index is 12.1. The topological polar surface area (TPSA) is 76.7 Å². The van der Waals surface area contributed by atoms with Crippen LogP contribution in [0, 0.1) is 0 Å². The highest BCUT2D eigenvalue weighted by molar-refractivity contribution is 5.97. The molecule has 1 heterocycles. The molecule has 0 aliphatic carbocycles. The third-order valence-corrected chi connectivity index (χ3v) is 3.99. The molecule has 136 valence electrons. The van der Waals surface area contributed by atoms with Gasteiger partial charge in [0.2, 0.25) is 0 Å². The van der Waals surface area contributed by atoms with E-state index in [2.05, 4.69) is 31.4 Å². The van der Waals surface area contributed by atoms with Gasteiger partial charge in [-0.3, -0.25) is 9.59 Å². The lowest BCUT2D eigenvalue weighted by Gasteiger charge is -2.19. The van der Waals surface area contributed by atoms with E-state index in [4.69, 9.17) is 9.47 Å². The molecule has 2 N–H and O–H groups in total. The number of amides is 2. The van der Waals surface area contributed by atoms with E-state index < -0.39 is 0 Å². The van der Waals surface area contributed by atoms with Crippen LogP contribution in [0.15, 0.2) is 42.5 Å². The summed E-state index contributed by atoms with van der Waals surface area (Å²) in [7, 11) is 0. The SMILES string of the molecule is CC(C)(C)c1ccc(OCC(=O)Nc2ccc3c(c2)NC(=O)CO3)cc1. The van der Waals surface area contributed by atoms with Crippen LogP contribution in [-0.4, -0.2) is 25.0 Å². The molecular weight excluding hydrogens is 332 g/mol. The van der Waals surface area contributed by atoms with Crippen LogP contribution in [0.5, 0.6) is 11.5 Å². The van der Waals surface area contributed by atoms with E-state index in [1.807, 2.05) is 24.3 Å². The van der Waals surface area contributed by atoms with E-state index in [1.54, 1.807) is 18.2 Å². The van der Waals surface area contributed by atoms with Gasteiger partial charge in [-0.15, -0.1) is 0 Å². The smallest absolute Gasteiger partial charge is 0.262 e. The molecule has 0 saturated carbocycles. The molecule has 26 heavy (non-hydrogen) atoms. The number of fused-ring (bicyclic) bond motifs is 1. The third kappa shape index (κ3) is 4.33. The predicted molar refractivity (Wildman–Crippen MR) is 99.8 cm³/mol. The number of hydrogen-bond acceptors (Lipinski definition) is 4. The lowest BCUT2D eigenvalue weighted by Crippen LogP contribution is -2.25. The van der Waals surface area contributed by atoms with Gasteiger partial charge < -0.3 is 20.1 Å². The molecule has 0 radical (unpaired) electrons. The molecule has 2 amide bonds.